The smallest absolute Gasteiger partial charge is 0.411 e. The molecule has 0 saturated carbocycles. The maximum atomic E-state index is 12.2. The number of rotatable bonds is 11. The van der Waals surface area contributed by atoms with E-state index in [2.05, 4.69) is 10.6 Å². The minimum Gasteiger partial charge on any atom is -0.493 e. The zero-order valence-corrected chi connectivity index (χ0v) is 18.3. The van der Waals surface area contributed by atoms with Crippen LogP contribution in [0, 0.1) is 0 Å². The van der Waals surface area contributed by atoms with Crippen LogP contribution >= 0.6 is 0 Å². The van der Waals surface area contributed by atoms with Gasteiger partial charge in [-0.05, 0) is 62.7 Å². The zero-order valence-electron chi connectivity index (χ0n) is 18.3. The van der Waals surface area contributed by atoms with Gasteiger partial charge in [-0.15, -0.1) is 0 Å². The molecule has 168 valence electrons. The van der Waals surface area contributed by atoms with E-state index < -0.39 is 18.2 Å². The Balaban J connectivity index is 2.07. The molecule has 31 heavy (non-hydrogen) atoms. The quantitative estimate of drug-likeness (QED) is 0.488. The van der Waals surface area contributed by atoms with Gasteiger partial charge >= 0.3 is 12.1 Å². The molecule has 1 unspecified atom stereocenters. The van der Waals surface area contributed by atoms with Gasteiger partial charge in [-0.2, -0.15) is 0 Å². The molecule has 2 rings (SSSR count). The molecule has 8 heteroatoms. The highest BCUT2D eigenvalue weighted by atomic mass is 16.5. The lowest BCUT2D eigenvalue weighted by atomic mass is 10.0. The molecule has 1 atom stereocenters. The number of anilines is 2. The maximum Gasteiger partial charge on any atom is 0.411 e. The Kier molecular flexibility index (Phi) is 9.14. The molecule has 0 heterocycles. The molecule has 2 aromatic carbocycles. The van der Waals surface area contributed by atoms with Crippen LogP contribution in [0.2, 0.25) is 0 Å². The summed E-state index contributed by atoms with van der Waals surface area (Å²) < 4.78 is 16.5. The van der Waals surface area contributed by atoms with Gasteiger partial charge in [0.1, 0.15) is 12.4 Å². The predicted molar refractivity (Wildman–Crippen MR) is 119 cm³/mol. The van der Waals surface area contributed by atoms with Crippen LogP contribution in [0.5, 0.6) is 5.75 Å². The molecule has 2 aromatic rings. The van der Waals surface area contributed by atoms with Gasteiger partial charge in [0.2, 0.25) is 0 Å². The summed E-state index contributed by atoms with van der Waals surface area (Å²) in [5, 5.41) is 15.1. The van der Waals surface area contributed by atoms with Crippen LogP contribution in [-0.2, 0) is 27.3 Å². The SMILES string of the molecule is CCOc1ccc(CC(OC(C)C)C(=O)O)cc1COC(=O)Nc1ccc(NC)cc1. The van der Waals surface area contributed by atoms with E-state index in [9.17, 15) is 14.7 Å². The number of hydrogen-bond acceptors (Lipinski definition) is 6. The van der Waals surface area contributed by atoms with Crippen molar-refractivity contribution in [2.24, 2.45) is 0 Å². The second kappa shape index (κ2) is 11.8. The van der Waals surface area contributed by atoms with Crippen LogP contribution in [0.25, 0.3) is 0 Å². The van der Waals surface area contributed by atoms with Crippen molar-refractivity contribution < 1.29 is 28.9 Å². The second-order valence-corrected chi connectivity index (χ2v) is 7.12. The maximum absolute atomic E-state index is 12.2. The van der Waals surface area contributed by atoms with Gasteiger partial charge in [0.15, 0.2) is 6.10 Å². The molecule has 0 spiro atoms. The van der Waals surface area contributed by atoms with E-state index in [-0.39, 0.29) is 19.1 Å². The molecule has 0 aromatic heterocycles. The molecule has 8 nitrogen and oxygen atoms in total. The normalized spacial score (nSPS) is 11.6. The molecule has 0 fully saturated rings. The Bertz CT molecular complexity index is 867. The van der Waals surface area contributed by atoms with Gasteiger partial charge in [0, 0.05) is 30.4 Å². The van der Waals surface area contributed by atoms with Gasteiger partial charge in [-0.1, -0.05) is 6.07 Å². The summed E-state index contributed by atoms with van der Waals surface area (Å²) in [6, 6.07) is 12.5. The Morgan fingerprint density at radius 2 is 1.74 bits per heavy atom. The number of carboxylic acids is 1. The van der Waals surface area contributed by atoms with E-state index in [4.69, 9.17) is 14.2 Å². The highest BCUT2D eigenvalue weighted by Crippen LogP contribution is 2.23. The second-order valence-electron chi connectivity index (χ2n) is 7.12. The number of benzene rings is 2. The predicted octanol–water partition coefficient (Wildman–Crippen LogP) is 4.30. The summed E-state index contributed by atoms with van der Waals surface area (Å²) in [5.41, 5.74) is 2.93. The molecule has 0 saturated heterocycles. The van der Waals surface area contributed by atoms with Crippen molar-refractivity contribution >= 4 is 23.4 Å². The van der Waals surface area contributed by atoms with E-state index in [1.807, 2.05) is 26.1 Å². The molecule has 1 amide bonds. The van der Waals surface area contributed by atoms with E-state index in [0.29, 0.717) is 23.6 Å². The lowest BCUT2D eigenvalue weighted by molar-refractivity contribution is -0.153. The van der Waals surface area contributed by atoms with E-state index in [0.717, 1.165) is 11.3 Å². The van der Waals surface area contributed by atoms with Gasteiger partial charge in [-0.3, -0.25) is 5.32 Å². The van der Waals surface area contributed by atoms with Crippen LogP contribution in [0.15, 0.2) is 42.5 Å². The summed E-state index contributed by atoms with van der Waals surface area (Å²) in [6.07, 6.45) is -1.58. The third-order valence-corrected chi connectivity index (χ3v) is 4.34. The van der Waals surface area contributed by atoms with Crippen molar-refractivity contribution in [3.8, 4) is 5.75 Å². The first-order valence-corrected chi connectivity index (χ1v) is 10.2. The van der Waals surface area contributed by atoms with Crippen LogP contribution in [-0.4, -0.2) is 43.0 Å². The van der Waals surface area contributed by atoms with Crippen molar-refractivity contribution in [3.63, 3.8) is 0 Å². The Hall–Kier alpha value is -3.26. The fourth-order valence-electron chi connectivity index (χ4n) is 2.92. The van der Waals surface area contributed by atoms with Crippen molar-refractivity contribution in [1.82, 2.24) is 0 Å². The lowest BCUT2D eigenvalue weighted by Crippen LogP contribution is -2.29. The third-order valence-electron chi connectivity index (χ3n) is 4.34. The lowest BCUT2D eigenvalue weighted by Gasteiger charge is -2.18. The van der Waals surface area contributed by atoms with Crippen LogP contribution in [0.4, 0.5) is 16.2 Å². The summed E-state index contributed by atoms with van der Waals surface area (Å²) >= 11 is 0. The molecule has 3 N–H and O–H groups in total. The first kappa shape index (κ1) is 24.0. The molecular weight excluding hydrogens is 400 g/mol. The van der Waals surface area contributed by atoms with E-state index in [1.54, 1.807) is 44.2 Å². The average Bonchev–Trinajstić information content (AvgIpc) is 2.73. The number of hydrogen-bond donors (Lipinski definition) is 3. The molecule has 0 aliphatic rings. The van der Waals surface area contributed by atoms with Gasteiger partial charge in [0.25, 0.3) is 0 Å². The van der Waals surface area contributed by atoms with Crippen molar-refractivity contribution in [2.45, 2.75) is 46.0 Å². The average molecular weight is 431 g/mol. The van der Waals surface area contributed by atoms with E-state index >= 15 is 0 Å². The standard InChI is InChI=1S/C23H30N2O6/c1-5-29-20-11-6-16(13-21(22(26)27)31-15(2)3)12-17(20)14-30-23(28)25-19-9-7-18(24-4)8-10-19/h6-12,15,21,24H,5,13-14H2,1-4H3,(H,25,28)(H,26,27). The van der Waals surface area contributed by atoms with Crippen molar-refractivity contribution in [1.29, 1.82) is 0 Å². The summed E-state index contributed by atoms with van der Waals surface area (Å²) in [5.74, 6) is -0.446. The van der Waals surface area contributed by atoms with Crippen LogP contribution < -0.4 is 15.4 Å². The number of aliphatic carboxylic acids is 1. The monoisotopic (exact) mass is 430 g/mol. The van der Waals surface area contributed by atoms with E-state index in [1.165, 1.54) is 0 Å². The molecule has 0 radical (unpaired) electrons. The van der Waals surface area contributed by atoms with Gasteiger partial charge in [-0.25, -0.2) is 9.59 Å². The summed E-state index contributed by atoms with van der Waals surface area (Å²) in [4.78, 5) is 23.7. The first-order chi connectivity index (χ1) is 14.8. The van der Waals surface area contributed by atoms with Gasteiger partial charge < -0.3 is 24.6 Å². The number of nitrogens with one attached hydrogen (secondary N) is 2. The molecular formula is C23H30N2O6. The zero-order chi connectivity index (χ0) is 22.8. The topological polar surface area (TPSA) is 106 Å². The molecule has 0 aliphatic heterocycles. The highest BCUT2D eigenvalue weighted by Gasteiger charge is 2.21. The number of carbonyl (C=O) groups excluding carboxylic acids is 1. The van der Waals surface area contributed by atoms with Crippen molar-refractivity contribution in [2.75, 3.05) is 24.3 Å². The Morgan fingerprint density at radius 3 is 2.32 bits per heavy atom. The third kappa shape index (κ3) is 7.82. The molecule has 0 aliphatic carbocycles. The minimum absolute atomic E-state index is 0.0214. The number of amides is 1. The minimum atomic E-state index is -1.02. The highest BCUT2D eigenvalue weighted by molar-refractivity contribution is 5.84. The Morgan fingerprint density at radius 1 is 1.06 bits per heavy atom. The van der Waals surface area contributed by atoms with Crippen LogP contribution in [0.1, 0.15) is 31.9 Å². The fraction of sp³-hybridized carbons (Fsp3) is 0.391. The largest absolute Gasteiger partial charge is 0.493 e. The molecule has 0 bridgehead atoms. The van der Waals surface area contributed by atoms with Gasteiger partial charge in [0.05, 0.1) is 12.7 Å². The number of ether oxygens (including phenoxy) is 3. The number of carboxylic acid groups (broad SMARTS) is 1. The van der Waals surface area contributed by atoms with Crippen LogP contribution in [0.3, 0.4) is 0 Å². The Labute approximate surface area is 182 Å². The fourth-order valence-corrected chi connectivity index (χ4v) is 2.92. The summed E-state index contributed by atoms with van der Waals surface area (Å²) in [6.45, 7) is 5.87. The first-order valence-electron chi connectivity index (χ1n) is 10.2. The van der Waals surface area contributed by atoms with Crippen molar-refractivity contribution in [3.05, 3.63) is 53.6 Å². The summed E-state index contributed by atoms with van der Waals surface area (Å²) in [7, 11) is 1.81. The number of carbonyl (C=O) groups is 2.